The lowest BCUT2D eigenvalue weighted by atomic mass is 10.1. The van der Waals surface area contributed by atoms with Crippen molar-refractivity contribution in [3.05, 3.63) is 33.8 Å². The van der Waals surface area contributed by atoms with Gasteiger partial charge in [0, 0.05) is 18.2 Å². The highest BCUT2D eigenvalue weighted by Crippen LogP contribution is 2.22. The van der Waals surface area contributed by atoms with Crippen molar-refractivity contribution < 1.29 is 4.79 Å². The van der Waals surface area contributed by atoms with Gasteiger partial charge in [-0.2, -0.15) is 0 Å². The summed E-state index contributed by atoms with van der Waals surface area (Å²) in [6, 6.07) is 5.52. The number of rotatable bonds is 4. The number of amides is 1. The zero-order valence-corrected chi connectivity index (χ0v) is 12.5. The lowest BCUT2D eigenvalue weighted by molar-refractivity contribution is 0.0950. The molecule has 0 spiro atoms. The van der Waals surface area contributed by atoms with E-state index < -0.39 is 0 Å². The number of halogens is 2. The maximum Gasteiger partial charge on any atom is 0.251 e. The van der Waals surface area contributed by atoms with E-state index in [1.54, 1.807) is 18.2 Å². The smallest absolute Gasteiger partial charge is 0.251 e. The normalized spacial score (nSPS) is 19.6. The molecule has 1 aliphatic rings. The van der Waals surface area contributed by atoms with Crippen molar-refractivity contribution in [1.82, 2.24) is 10.2 Å². The highest BCUT2D eigenvalue weighted by atomic mass is 35.5. The van der Waals surface area contributed by atoms with Crippen LogP contribution in [-0.4, -0.2) is 37.0 Å². The van der Waals surface area contributed by atoms with Crippen LogP contribution in [0.1, 0.15) is 29.6 Å². The fourth-order valence-electron chi connectivity index (χ4n) is 2.44. The monoisotopic (exact) mass is 300 g/mol. The molecule has 1 saturated heterocycles. The number of nitrogens with zero attached hydrogens (tertiary/aromatic N) is 1. The van der Waals surface area contributed by atoms with E-state index in [-0.39, 0.29) is 5.91 Å². The summed E-state index contributed by atoms with van der Waals surface area (Å²) in [5.74, 6) is -0.0979. The number of likely N-dealkylation sites (tertiary alicyclic amines) is 1. The molecule has 19 heavy (non-hydrogen) atoms. The van der Waals surface area contributed by atoms with Gasteiger partial charge in [-0.1, -0.05) is 23.2 Å². The lowest BCUT2D eigenvalue weighted by Gasteiger charge is -2.19. The van der Waals surface area contributed by atoms with E-state index in [2.05, 4.69) is 17.3 Å². The third kappa shape index (κ3) is 3.85. The molecule has 0 aromatic heterocycles. The molecule has 0 bridgehead atoms. The average molecular weight is 301 g/mol. The first-order valence-electron chi connectivity index (χ1n) is 6.51. The predicted molar refractivity (Wildman–Crippen MR) is 79.1 cm³/mol. The molecule has 2 rings (SSSR count). The van der Waals surface area contributed by atoms with Crippen molar-refractivity contribution >= 4 is 29.1 Å². The summed E-state index contributed by atoms with van der Waals surface area (Å²) in [7, 11) is 2.14. The summed E-state index contributed by atoms with van der Waals surface area (Å²) < 4.78 is 0. The predicted octanol–water partition coefficient (Wildman–Crippen LogP) is 3.21. The van der Waals surface area contributed by atoms with E-state index in [9.17, 15) is 4.79 Å². The van der Waals surface area contributed by atoms with Crippen LogP contribution in [0.4, 0.5) is 0 Å². The Morgan fingerprint density at radius 1 is 1.42 bits per heavy atom. The van der Waals surface area contributed by atoms with Gasteiger partial charge in [0.05, 0.1) is 10.0 Å². The first-order valence-corrected chi connectivity index (χ1v) is 7.27. The Kier molecular flexibility index (Phi) is 5.08. The van der Waals surface area contributed by atoms with Crippen molar-refractivity contribution in [1.29, 1.82) is 0 Å². The first kappa shape index (κ1) is 14.6. The fourth-order valence-corrected chi connectivity index (χ4v) is 2.73. The van der Waals surface area contributed by atoms with Crippen LogP contribution in [0.25, 0.3) is 0 Å². The molecular weight excluding hydrogens is 283 g/mol. The SMILES string of the molecule is CN1CCCC1CCNC(=O)c1ccc(Cl)c(Cl)c1. The number of hydrogen-bond donors (Lipinski definition) is 1. The second kappa shape index (κ2) is 6.60. The minimum Gasteiger partial charge on any atom is -0.352 e. The van der Waals surface area contributed by atoms with E-state index >= 15 is 0 Å². The topological polar surface area (TPSA) is 32.3 Å². The van der Waals surface area contributed by atoms with Gasteiger partial charge in [-0.25, -0.2) is 0 Å². The first-order chi connectivity index (χ1) is 9.08. The lowest BCUT2D eigenvalue weighted by Crippen LogP contribution is -2.31. The van der Waals surface area contributed by atoms with Crippen molar-refractivity contribution in [2.45, 2.75) is 25.3 Å². The molecule has 104 valence electrons. The highest BCUT2D eigenvalue weighted by Gasteiger charge is 2.20. The molecule has 1 unspecified atom stereocenters. The number of carbonyl (C=O) groups excluding carboxylic acids is 1. The van der Waals surface area contributed by atoms with Crippen LogP contribution >= 0.6 is 23.2 Å². The van der Waals surface area contributed by atoms with Crippen LogP contribution in [0.3, 0.4) is 0 Å². The number of nitrogens with one attached hydrogen (secondary N) is 1. The Labute approximate surface area is 123 Å². The standard InChI is InChI=1S/C14H18Cl2N2O/c1-18-8-2-3-11(18)6-7-17-14(19)10-4-5-12(15)13(16)9-10/h4-5,9,11H,2-3,6-8H2,1H3,(H,17,19). The molecule has 1 fully saturated rings. The number of hydrogen-bond acceptors (Lipinski definition) is 2. The van der Waals surface area contributed by atoms with Gasteiger partial charge < -0.3 is 10.2 Å². The minimum atomic E-state index is -0.0979. The van der Waals surface area contributed by atoms with Crippen molar-refractivity contribution in [2.75, 3.05) is 20.1 Å². The largest absolute Gasteiger partial charge is 0.352 e. The van der Waals surface area contributed by atoms with E-state index in [4.69, 9.17) is 23.2 Å². The maximum absolute atomic E-state index is 11.9. The Hall–Kier alpha value is -0.770. The third-order valence-corrected chi connectivity index (χ3v) is 4.36. The summed E-state index contributed by atoms with van der Waals surface area (Å²) >= 11 is 11.7. The molecule has 0 radical (unpaired) electrons. The van der Waals surface area contributed by atoms with E-state index in [1.807, 2.05) is 0 Å². The van der Waals surface area contributed by atoms with Gasteiger partial charge in [0.15, 0.2) is 0 Å². The van der Waals surface area contributed by atoms with Crippen LogP contribution in [0, 0.1) is 0 Å². The van der Waals surface area contributed by atoms with Gasteiger partial charge in [-0.3, -0.25) is 4.79 Å². The van der Waals surface area contributed by atoms with Gasteiger partial charge >= 0.3 is 0 Å². The van der Waals surface area contributed by atoms with Crippen LogP contribution in [0.15, 0.2) is 18.2 Å². The van der Waals surface area contributed by atoms with Crippen LogP contribution in [0.5, 0.6) is 0 Å². The number of benzene rings is 1. The van der Waals surface area contributed by atoms with Crippen LogP contribution < -0.4 is 5.32 Å². The minimum absolute atomic E-state index is 0.0979. The Bertz CT molecular complexity index is 465. The summed E-state index contributed by atoms with van der Waals surface area (Å²) in [6.07, 6.45) is 3.46. The molecule has 5 heteroatoms. The average Bonchev–Trinajstić information content (AvgIpc) is 2.78. The summed E-state index contributed by atoms with van der Waals surface area (Å²) in [6.45, 7) is 1.85. The van der Waals surface area contributed by atoms with Gasteiger partial charge in [-0.15, -0.1) is 0 Å². The molecular formula is C14H18Cl2N2O. The summed E-state index contributed by atoms with van der Waals surface area (Å²) in [5.41, 5.74) is 0.550. The van der Waals surface area contributed by atoms with Crippen molar-refractivity contribution in [3.63, 3.8) is 0 Å². The molecule has 1 aromatic rings. The zero-order chi connectivity index (χ0) is 13.8. The quantitative estimate of drug-likeness (QED) is 0.926. The highest BCUT2D eigenvalue weighted by molar-refractivity contribution is 6.42. The van der Waals surface area contributed by atoms with Crippen molar-refractivity contribution in [3.8, 4) is 0 Å². The Balaban J connectivity index is 1.82. The molecule has 1 atom stereocenters. The second-order valence-corrected chi connectivity index (χ2v) is 5.76. The van der Waals surface area contributed by atoms with Gasteiger partial charge in [0.2, 0.25) is 0 Å². The molecule has 1 heterocycles. The van der Waals surface area contributed by atoms with Gasteiger partial charge in [-0.05, 0) is 51.1 Å². The summed E-state index contributed by atoms with van der Waals surface area (Å²) in [5, 5.41) is 3.80. The zero-order valence-electron chi connectivity index (χ0n) is 11.0. The molecule has 1 amide bonds. The molecule has 1 aliphatic heterocycles. The Morgan fingerprint density at radius 2 is 2.21 bits per heavy atom. The van der Waals surface area contributed by atoms with Crippen molar-refractivity contribution in [2.24, 2.45) is 0 Å². The van der Waals surface area contributed by atoms with E-state index in [0.717, 1.165) is 13.0 Å². The van der Waals surface area contributed by atoms with Crippen LogP contribution in [-0.2, 0) is 0 Å². The van der Waals surface area contributed by atoms with E-state index in [0.29, 0.717) is 28.2 Å². The fraction of sp³-hybridized carbons (Fsp3) is 0.500. The molecule has 1 aromatic carbocycles. The molecule has 1 N–H and O–H groups in total. The van der Waals surface area contributed by atoms with Gasteiger partial charge in [0.1, 0.15) is 0 Å². The molecule has 3 nitrogen and oxygen atoms in total. The Morgan fingerprint density at radius 3 is 2.84 bits per heavy atom. The summed E-state index contributed by atoms with van der Waals surface area (Å²) in [4.78, 5) is 14.3. The second-order valence-electron chi connectivity index (χ2n) is 4.95. The molecule has 0 saturated carbocycles. The molecule has 0 aliphatic carbocycles. The number of carbonyl (C=O) groups is 1. The maximum atomic E-state index is 11.9. The third-order valence-electron chi connectivity index (χ3n) is 3.62. The van der Waals surface area contributed by atoms with Gasteiger partial charge in [0.25, 0.3) is 5.91 Å². The van der Waals surface area contributed by atoms with Crippen LogP contribution in [0.2, 0.25) is 10.0 Å². The van der Waals surface area contributed by atoms with E-state index in [1.165, 1.54) is 12.8 Å².